The molecule has 0 aliphatic rings. The second-order valence-corrected chi connectivity index (χ2v) is 16.0. The summed E-state index contributed by atoms with van der Waals surface area (Å²) in [7, 11) is -5.28. The summed E-state index contributed by atoms with van der Waals surface area (Å²) >= 11 is 6.25. The lowest BCUT2D eigenvalue weighted by Gasteiger charge is -2.14. The van der Waals surface area contributed by atoms with Gasteiger partial charge in [0.05, 0.1) is 45.8 Å². The van der Waals surface area contributed by atoms with Gasteiger partial charge < -0.3 is 36.0 Å². The molecule has 2 aromatic carbocycles. The van der Waals surface area contributed by atoms with Crippen LogP contribution in [0.25, 0.3) is 4.85 Å². The van der Waals surface area contributed by atoms with Gasteiger partial charge >= 0.3 is 23.9 Å². The van der Waals surface area contributed by atoms with Crippen molar-refractivity contribution in [3.8, 4) is 17.8 Å². The zero-order chi connectivity index (χ0) is 52.8. The first-order valence-electron chi connectivity index (χ1n) is 18.5. The van der Waals surface area contributed by atoms with Gasteiger partial charge in [0, 0.05) is 18.7 Å². The molecule has 71 heavy (non-hydrogen) atoms. The Morgan fingerprint density at radius 1 is 0.859 bits per heavy atom. The van der Waals surface area contributed by atoms with Crippen molar-refractivity contribution in [3.63, 3.8) is 0 Å². The molecule has 0 unspecified atom stereocenters. The Bertz CT molecular complexity index is 3550. The van der Waals surface area contributed by atoms with Crippen molar-refractivity contribution in [1.82, 2.24) is 24.1 Å². The second kappa shape index (κ2) is 21.5. The molecule has 9 N–H and O–H groups in total. The number of aromatic carboxylic acids is 4. The van der Waals surface area contributed by atoms with E-state index in [0.717, 1.165) is 26.0 Å². The molecule has 366 valence electrons. The number of halogens is 1. The highest BCUT2D eigenvalue weighted by Gasteiger charge is 2.28. The summed E-state index contributed by atoms with van der Waals surface area (Å²) in [6.45, 7) is 10.2. The maximum absolute atomic E-state index is 13.8. The molecule has 0 amide bonds. The predicted molar refractivity (Wildman–Crippen MR) is 236 cm³/mol. The van der Waals surface area contributed by atoms with Crippen molar-refractivity contribution in [2.24, 2.45) is 25.4 Å². The SMILES string of the molecule is [C-]#[N+]c1c(C)c(N=Nc2cc(C(=O)O)c(S(=O)(=O)O)cc2C(=O)O)c(=O)n(C(C)=Nc2nc(Cl)nc(NCCn3c(O)c(C#N)c(C)c(N=Nc4cc(C(=O)O)c(SOOO)cc4C(=O)O)c3=O)n2)c1O. The zero-order valence-electron chi connectivity index (χ0n) is 35.4. The van der Waals surface area contributed by atoms with Crippen LogP contribution in [-0.4, -0.2) is 109 Å². The van der Waals surface area contributed by atoms with Gasteiger partial charge in [0.25, 0.3) is 32.9 Å². The molecule has 31 nitrogen and oxygen atoms in total. The van der Waals surface area contributed by atoms with Gasteiger partial charge in [-0.3, -0.25) is 18.7 Å². The Morgan fingerprint density at radius 3 is 1.96 bits per heavy atom. The van der Waals surface area contributed by atoms with Crippen LogP contribution < -0.4 is 16.4 Å². The van der Waals surface area contributed by atoms with Gasteiger partial charge in [0.1, 0.15) is 39.4 Å². The number of carbonyl (C=O) groups is 4. The Hall–Kier alpha value is -9.09. The van der Waals surface area contributed by atoms with E-state index in [1.165, 1.54) is 6.92 Å². The summed E-state index contributed by atoms with van der Waals surface area (Å²) in [6.07, 6.45) is 0. The van der Waals surface area contributed by atoms with E-state index in [1.807, 2.05) is 0 Å². The van der Waals surface area contributed by atoms with E-state index in [1.54, 1.807) is 6.07 Å². The highest BCUT2D eigenvalue weighted by atomic mass is 35.5. The number of hydrogen-bond acceptors (Lipinski definition) is 24. The van der Waals surface area contributed by atoms with E-state index >= 15 is 0 Å². The number of nitriles is 1. The lowest BCUT2D eigenvalue weighted by atomic mass is 10.1. The van der Waals surface area contributed by atoms with Crippen LogP contribution >= 0.6 is 23.6 Å². The minimum atomic E-state index is -5.28. The molecule has 0 aliphatic carbocycles. The molecule has 5 aromatic rings. The molecule has 0 bridgehead atoms. The molecule has 0 spiro atoms. The lowest BCUT2D eigenvalue weighted by molar-refractivity contribution is -0.432. The van der Waals surface area contributed by atoms with Crippen LogP contribution in [0.4, 0.5) is 40.3 Å². The fourth-order valence-corrected chi connectivity index (χ4v) is 7.38. The largest absolute Gasteiger partial charge is 0.502 e. The van der Waals surface area contributed by atoms with Crippen LogP contribution in [0.15, 0.2) is 69.1 Å². The molecule has 3 heterocycles. The van der Waals surface area contributed by atoms with Gasteiger partial charge in [-0.05, 0) is 62.2 Å². The summed E-state index contributed by atoms with van der Waals surface area (Å²) in [6, 6.07) is 4.01. The fraction of sp³-hybridized carbons (Fsp3) is 0.135. The van der Waals surface area contributed by atoms with Crippen LogP contribution in [0.1, 0.15) is 65.0 Å². The Labute approximate surface area is 402 Å². The number of nitrogens with zero attached hydrogens (tertiary/aromatic N) is 12. The molecule has 0 fully saturated rings. The summed E-state index contributed by atoms with van der Waals surface area (Å²) < 4.78 is 38.4. The van der Waals surface area contributed by atoms with Crippen molar-refractivity contribution >= 4 is 104 Å². The van der Waals surface area contributed by atoms with Gasteiger partial charge in [0.2, 0.25) is 23.0 Å². The number of carboxylic acid groups (broad SMARTS) is 4. The molecule has 0 aliphatic heterocycles. The van der Waals surface area contributed by atoms with Crippen molar-refractivity contribution in [2.75, 3.05) is 11.9 Å². The molecular weight excluding hydrogens is 1010 g/mol. The molecule has 34 heteroatoms. The number of azo groups is 2. The van der Waals surface area contributed by atoms with Gasteiger partial charge in [-0.15, -0.1) is 24.8 Å². The topological polar surface area (TPSA) is 467 Å². The number of aromatic hydroxyl groups is 2. The highest BCUT2D eigenvalue weighted by Crippen LogP contribution is 2.37. The average Bonchev–Trinajstić information content (AvgIpc) is 3.28. The molecule has 3 aromatic heterocycles. The Kier molecular flexibility index (Phi) is 16.0. The van der Waals surface area contributed by atoms with Gasteiger partial charge in [-0.25, -0.2) is 33.8 Å². The number of nitrogens with one attached hydrogen (secondary N) is 1. The standard InChI is InChI=1S/C37H26ClN13O18S2/c1-12-19(11-39)27(52)50(28(53)25(12)48-46-20-7-17(33(60)61)22(70-69-68-64)9-15(20)31(56)57)6-5-41-36-43-35(38)44-37(45-36)42-14(3)51-29(54)24(40-4)13(2)26(30(51)55)49-47-21-8-18(34(62)63)23(71(65,66)67)10-16(21)32(58)59/h7-10,52,54,64H,5-6H2,1-3H3,(H,56,57)(H,58,59)(H,60,61)(H,62,63)(H,65,66,67)(H,41,43,44,45). The maximum Gasteiger partial charge on any atom is 0.338 e. The predicted octanol–water partition coefficient (Wildman–Crippen LogP) is 5.31. The van der Waals surface area contributed by atoms with Gasteiger partial charge in [-0.1, -0.05) is 5.04 Å². The number of pyridine rings is 2. The molecule has 5 rings (SSSR count). The fourth-order valence-electron chi connectivity index (χ4n) is 6.03. The molecule has 0 saturated carbocycles. The van der Waals surface area contributed by atoms with Crippen LogP contribution in [0.3, 0.4) is 0 Å². The minimum absolute atomic E-state index is 0.143. The van der Waals surface area contributed by atoms with Crippen molar-refractivity contribution in [3.05, 3.63) is 101 Å². The number of aromatic nitrogens is 5. The zero-order valence-corrected chi connectivity index (χ0v) is 37.8. The van der Waals surface area contributed by atoms with E-state index < -0.39 is 142 Å². The monoisotopic (exact) mass is 1040 g/mol. The first-order chi connectivity index (χ1) is 33.4. The van der Waals surface area contributed by atoms with E-state index in [2.05, 4.69) is 59.9 Å². The number of carboxylic acids is 4. The number of anilines is 1. The number of rotatable bonds is 17. The van der Waals surface area contributed by atoms with Gasteiger partial charge in [-0.2, -0.15) is 33.6 Å². The number of hydrogen-bond donors (Lipinski definition) is 9. The minimum Gasteiger partial charge on any atom is -0.502 e. The second-order valence-electron chi connectivity index (χ2n) is 13.5. The Balaban J connectivity index is 1.49. The summed E-state index contributed by atoms with van der Waals surface area (Å²) in [5.74, 6) is -10.3. The lowest BCUT2D eigenvalue weighted by Crippen LogP contribution is -2.26. The first kappa shape index (κ1) is 52.9. The highest BCUT2D eigenvalue weighted by molar-refractivity contribution is 7.94. The molecule has 0 saturated heterocycles. The summed E-state index contributed by atoms with van der Waals surface area (Å²) in [5.41, 5.74) is -10.0. The van der Waals surface area contributed by atoms with E-state index in [-0.39, 0.29) is 40.6 Å². The first-order valence-corrected chi connectivity index (χ1v) is 21.1. The normalized spacial score (nSPS) is 11.7. The quantitative estimate of drug-likeness (QED) is 0.00832. The average molecular weight is 1040 g/mol. The molecule has 0 radical (unpaired) electrons. The smallest absolute Gasteiger partial charge is 0.338 e. The van der Waals surface area contributed by atoms with Crippen LogP contribution in [0.5, 0.6) is 11.8 Å². The van der Waals surface area contributed by atoms with E-state index in [0.29, 0.717) is 21.3 Å². The summed E-state index contributed by atoms with van der Waals surface area (Å²) in [4.78, 5) is 92.5. The summed E-state index contributed by atoms with van der Waals surface area (Å²) in [5, 5.41) is 99.3. The third-order valence-corrected chi connectivity index (χ3v) is 11.0. The van der Waals surface area contributed by atoms with Crippen LogP contribution in [-0.2, 0) is 26.0 Å². The van der Waals surface area contributed by atoms with Crippen molar-refractivity contribution in [1.29, 1.82) is 5.26 Å². The Morgan fingerprint density at radius 2 is 1.42 bits per heavy atom. The third-order valence-electron chi connectivity index (χ3n) is 9.29. The van der Waals surface area contributed by atoms with Crippen molar-refractivity contribution < 1.29 is 77.4 Å². The van der Waals surface area contributed by atoms with Crippen LogP contribution in [0, 0.1) is 31.8 Å². The number of benzene rings is 2. The number of aliphatic imine (C=N–C) groups is 1. The van der Waals surface area contributed by atoms with E-state index in [9.17, 15) is 77.6 Å². The third kappa shape index (κ3) is 11.3. The molecular formula is C37H26ClN13O18S2. The van der Waals surface area contributed by atoms with E-state index in [4.69, 9.17) is 23.4 Å². The maximum atomic E-state index is 13.8. The van der Waals surface area contributed by atoms with Gasteiger partial charge in [0.15, 0.2) is 5.69 Å². The molecule has 0 atom stereocenters. The van der Waals surface area contributed by atoms with Crippen molar-refractivity contribution in [2.45, 2.75) is 37.1 Å². The van der Waals surface area contributed by atoms with Crippen LogP contribution in [0.2, 0.25) is 5.28 Å².